The van der Waals surface area contributed by atoms with Crippen LogP contribution in [0, 0.1) is 6.92 Å². The van der Waals surface area contributed by atoms with Crippen molar-refractivity contribution in [2.24, 2.45) is 0 Å². The molecule has 150 valence electrons. The lowest BCUT2D eigenvalue weighted by Crippen LogP contribution is -2.15. The van der Waals surface area contributed by atoms with Gasteiger partial charge in [-0.05, 0) is 43.2 Å². The fraction of sp³-hybridized carbons (Fsp3) is 0.227. The maximum absolute atomic E-state index is 13.0. The molecule has 29 heavy (non-hydrogen) atoms. The van der Waals surface area contributed by atoms with Crippen molar-refractivity contribution >= 4 is 45.0 Å². The Bertz CT molecular complexity index is 1080. The topological polar surface area (TPSA) is 81.7 Å². The Morgan fingerprint density at radius 2 is 1.59 bits per heavy atom. The molecule has 6 nitrogen and oxygen atoms in total. The van der Waals surface area contributed by atoms with E-state index in [1.165, 1.54) is 0 Å². The van der Waals surface area contributed by atoms with Gasteiger partial charge in [-0.1, -0.05) is 36.4 Å². The highest BCUT2D eigenvalue weighted by Crippen LogP contribution is 2.35. The number of fused-ring (bicyclic) bond motifs is 1. The van der Waals surface area contributed by atoms with Gasteiger partial charge in [0.2, 0.25) is 0 Å². The van der Waals surface area contributed by atoms with E-state index in [4.69, 9.17) is 9.47 Å². The van der Waals surface area contributed by atoms with Crippen molar-refractivity contribution in [3.8, 4) is 0 Å². The molecule has 0 aliphatic rings. The molecule has 0 atom stereocenters. The minimum atomic E-state index is -0.593. The zero-order valence-corrected chi connectivity index (χ0v) is 17.2. The number of carbonyl (C=O) groups excluding carboxylic acids is 3. The van der Waals surface area contributed by atoms with Crippen molar-refractivity contribution in [2.75, 3.05) is 18.5 Å². The van der Waals surface area contributed by atoms with Crippen LogP contribution in [-0.4, -0.2) is 31.1 Å². The Labute approximate surface area is 172 Å². The normalized spacial score (nSPS) is 10.6. The predicted octanol–water partition coefficient (Wildman–Crippen LogP) is 4.82. The molecule has 2 aromatic carbocycles. The number of hydrogen-bond donors (Lipinski definition) is 1. The molecular formula is C22H21NO5S. The van der Waals surface area contributed by atoms with E-state index in [0.717, 1.165) is 22.1 Å². The Balaban J connectivity index is 2.02. The Kier molecular flexibility index (Phi) is 6.29. The van der Waals surface area contributed by atoms with Gasteiger partial charge in [0, 0.05) is 5.56 Å². The van der Waals surface area contributed by atoms with Gasteiger partial charge in [-0.3, -0.25) is 4.79 Å². The molecule has 1 N–H and O–H groups in total. The first-order chi connectivity index (χ1) is 14.0. The molecule has 1 amide bonds. The number of thiophene rings is 1. The molecule has 0 saturated carbocycles. The van der Waals surface area contributed by atoms with E-state index in [1.54, 1.807) is 32.9 Å². The number of anilines is 1. The van der Waals surface area contributed by atoms with Crippen molar-refractivity contribution < 1.29 is 23.9 Å². The summed E-state index contributed by atoms with van der Waals surface area (Å²) in [7, 11) is 0. The van der Waals surface area contributed by atoms with Crippen molar-refractivity contribution in [1.29, 1.82) is 0 Å². The average molecular weight is 411 g/mol. The van der Waals surface area contributed by atoms with Crippen LogP contribution >= 0.6 is 11.3 Å². The van der Waals surface area contributed by atoms with E-state index in [1.807, 2.05) is 30.3 Å². The molecule has 0 radical (unpaired) electrons. The van der Waals surface area contributed by atoms with Gasteiger partial charge in [-0.2, -0.15) is 0 Å². The number of ether oxygens (including phenoxy) is 2. The van der Waals surface area contributed by atoms with Gasteiger partial charge in [0.15, 0.2) is 0 Å². The number of amides is 1. The molecule has 7 heteroatoms. The predicted molar refractivity (Wildman–Crippen MR) is 113 cm³/mol. The van der Waals surface area contributed by atoms with E-state index < -0.39 is 11.9 Å². The number of carbonyl (C=O) groups is 3. The summed E-state index contributed by atoms with van der Waals surface area (Å²) in [5.41, 5.74) is 1.08. The summed E-state index contributed by atoms with van der Waals surface area (Å²) in [5.74, 6) is -1.50. The van der Waals surface area contributed by atoms with Crippen LogP contribution in [0.25, 0.3) is 10.8 Å². The second kappa shape index (κ2) is 8.87. The van der Waals surface area contributed by atoms with Crippen LogP contribution in [0.4, 0.5) is 5.00 Å². The Morgan fingerprint density at radius 1 is 0.931 bits per heavy atom. The third kappa shape index (κ3) is 4.14. The highest BCUT2D eigenvalue weighted by molar-refractivity contribution is 7.18. The molecule has 0 fully saturated rings. The quantitative estimate of drug-likeness (QED) is 0.589. The van der Waals surface area contributed by atoms with Gasteiger partial charge in [0.25, 0.3) is 5.91 Å². The first kappa shape index (κ1) is 20.5. The van der Waals surface area contributed by atoms with E-state index in [-0.39, 0.29) is 34.6 Å². The first-order valence-corrected chi connectivity index (χ1v) is 10.1. The Morgan fingerprint density at radius 3 is 2.31 bits per heavy atom. The van der Waals surface area contributed by atoms with E-state index in [0.29, 0.717) is 11.1 Å². The van der Waals surface area contributed by atoms with Crippen LogP contribution in [0.2, 0.25) is 0 Å². The highest BCUT2D eigenvalue weighted by atomic mass is 32.1. The van der Waals surface area contributed by atoms with Gasteiger partial charge in [-0.25, -0.2) is 9.59 Å². The lowest BCUT2D eigenvalue weighted by Gasteiger charge is -2.09. The molecule has 3 aromatic rings. The summed E-state index contributed by atoms with van der Waals surface area (Å²) in [5, 5.41) is 4.78. The monoisotopic (exact) mass is 411 g/mol. The fourth-order valence-electron chi connectivity index (χ4n) is 3.04. The van der Waals surface area contributed by atoms with Crippen molar-refractivity contribution in [3.05, 3.63) is 64.0 Å². The molecule has 0 aliphatic heterocycles. The number of esters is 2. The van der Waals surface area contributed by atoms with Crippen molar-refractivity contribution in [3.63, 3.8) is 0 Å². The summed E-state index contributed by atoms with van der Waals surface area (Å²) in [6, 6.07) is 13.0. The van der Waals surface area contributed by atoms with Crippen LogP contribution in [0.1, 0.15) is 49.8 Å². The fourth-order valence-corrected chi connectivity index (χ4v) is 4.12. The summed E-state index contributed by atoms with van der Waals surface area (Å²) < 4.78 is 10.2. The van der Waals surface area contributed by atoms with Crippen LogP contribution in [0.5, 0.6) is 0 Å². The van der Waals surface area contributed by atoms with Gasteiger partial charge < -0.3 is 14.8 Å². The summed E-state index contributed by atoms with van der Waals surface area (Å²) in [6.07, 6.45) is 0. The zero-order valence-electron chi connectivity index (χ0n) is 16.4. The molecule has 1 heterocycles. The van der Waals surface area contributed by atoms with E-state index in [2.05, 4.69) is 5.32 Å². The zero-order chi connectivity index (χ0) is 21.0. The second-order valence-electron chi connectivity index (χ2n) is 6.18. The van der Waals surface area contributed by atoms with Crippen molar-refractivity contribution in [2.45, 2.75) is 20.8 Å². The molecule has 0 spiro atoms. The van der Waals surface area contributed by atoms with Gasteiger partial charge >= 0.3 is 11.9 Å². The minimum absolute atomic E-state index is 0.175. The van der Waals surface area contributed by atoms with Crippen LogP contribution in [0.3, 0.4) is 0 Å². The SMILES string of the molecule is CCOC(=O)c1sc(NC(=O)c2cccc3ccccc23)c(C(=O)OCC)c1C. The molecule has 0 bridgehead atoms. The summed E-state index contributed by atoms with van der Waals surface area (Å²) in [6.45, 7) is 5.43. The number of hydrogen-bond acceptors (Lipinski definition) is 6. The van der Waals surface area contributed by atoms with E-state index >= 15 is 0 Å². The van der Waals surface area contributed by atoms with Gasteiger partial charge in [0.1, 0.15) is 9.88 Å². The maximum Gasteiger partial charge on any atom is 0.348 e. The standard InChI is InChI=1S/C22H21NO5S/c1-4-27-21(25)17-13(3)18(22(26)28-5-2)29-20(17)23-19(24)16-12-8-10-14-9-6-7-11-15(14)16/h6-12H,4-5H2,1-3H3,(H,23,24). The van der Waals surface area contributed by atoms with E-state index in [9.17, 15) is 14.4 Å². The number of rotatable bonds is 6. The van der Waals surface area contributed by atoms with Crippen LogP contribution in [-0.2, 0) is 9.47 Å². The minimum Gasteiger partial charge on any atom is -0.462 e. The lowest BCUT2D eigenvalue weighted by molar-refractivity contribution is 0.0527. The Hall–Kier alpha value is -3.19. The molecule has 0 aliphatic carbocycles. The second-order valence-corrected chi connectivity index (χ2v) is 7.20. The third-order valence-electron chi connectivity index (χ3n) is 4.35. The first-order valence-electron chi connectivity index (χ1n) is 9.24. The molecule has 0 saturated heterocycles. The number of benzene rings is 2. The smallest absolute Gasteiger partial charge is 0.348 e. The molecule has 3 rings (SSSR count). The van der Waals surface area contributed by atoms with Crippen LogP contribution < -0.4 is 5.32 Å². The maximum atomic E-state index is 13.0. The van der Waals surface area contributed by atoms with Gasteiger partial charge in [0.05, 0.1) is 18.8 Å². The molecular weight excluding hydrogens is 390 g/mol. The third-order valence-corrected chi connectivity index (χ3v) is 5.54. The van der Waals surface area contributed by atoms with Gasteiger partial charge in [-0.15, -0.1) is 11.3 Å². The van der Waals surface area contributed by atoms with Crippen LogP contribution in [0.15, 0.2) is 42.5 Å². The largest absolute Gasteiger partial charge is 0.462 e. The summed E-state index contributed by atoms with van der Waals surface area (Å²) in [4.78, 5) is 38.0. The van der Waals surface area contributed by atoms with Crippen molar-refractivity contribution in [1.82, 2.24) is 0 Å². The molecule has 1 aromatic heterocycles. The highest BCUT2D eigenvalue weighted by Gasteiger charge is 2.27. The summed E-state index contributed by atoms with van der Waals surface area (Å²) >= 11 is 1.01. The number of nitrogens with one attached hydrogen (secondary N) is 1. The average Bonchev–Trinajstić information content (AvgIpc) is 3.03. The molecule has 0 unspecified atom stereocenters. The lowest BCUT2D eigenvalue weighted by atomic mass is 10.0.